The third-order valence-corrected chi connectivity index (χ3v) is 5.09. The van der Waals surface area contributed by atoms with Crippen LogP contribution in [-0.4, -0.2) is 49.9 Å². The molecule has 6 nitrogen and oxygen atoms in total. The molecule has 0 unspecified atom stereocenters. The maximum absolute atomic E-state index is 12.5. The number of hydrogen-bond donors (Lipinski definition) is 1. The van der Waals surface area contributed by atoms with Gasteiger partial charge in [0.2, 0.25) is 5.91 Å². The number of hydrogen-bond acceptors (Lipinski definition) is 4. The molecule has 1 aliphatic heterocycles. The summed E-state index contributed by atoms with van der Waals surface area (Å²) in [5, 5.41) is 14.4. The Morgan fingerprint density at radius 3 is 2.66 bits per heavy atom. The van der Waals surface area contributed by atoms with Gasteiger partial charge in [0.05, 0.1) is 12.6 Å². The van der Waals surface area contributed by atoms with E-state index in [4.69, 9.17) is 5.10 Å². The fourth-order valence-electron chi connectivity index (χ4n) is 3.49. The minimum absolute atomic E-state index is 0.0372. The summed E-state index contributed by atoms with van der Waals surface area (Å²) in [7, 11) is 0. The molecule has 2 aromatic heterocycles. The standard InChI is InChI=1S/C23H24N4O2/c28-21-10-13-26(14-11-21)22(29)9-8-20-17-27(16-18-5-2-1-3-6-18)25-23(20)19-7-4-12-24-15-19/h1-9,12,15,17,21,28H,10-11,13-14,16H2/b9-8+. The normalized spacial score (nSPS) is 15.1. The van der Waals surface area contributed by atoms with Gasteiger partial charge < -0.3 is 10.0 Å². The maximum atomic E-state index is 12.5. The highest BCUT2D eigenvalue weighted by Crippen LogP contribution is 2.23. The molecule has 1 saturated heterocycles. The van der Waals surface area contributed by atoms with Crippen molar-refractivity contribution in [1.82, 2.24) is 19.7 Å². The molecule has 29 heavy (non-hydrogen) atoms. The maximum Gasteiger partial charge on any atom is 0.246 e. The fourth-order valence-corrected chi connectivity index (χ4v) is 3.49. The van der Waals surface area contributed by atoms with Crippen LogP contribution in [-0.2, 0) is 11.3 Å². The first-order valence-corrected chi connectivity index (χ1v) is 9.86. The smallest absolute Gasteiger partial charge is 0.246 e. The number of benzene rings is 1. The summed E-state index contributed by atoms with van der Waals surface area (Å²) in [6, 6.07) is 14.0. The highest BCUT2D eigenvalue weighted by molar-refractivity contribution is 5.92. The van der Waals surface area contributed by atoms with Crippen molar-refractivity contribution in [2.75, 3.05) is 13.1 Å². The predicted molar refractivity (Wildman–Crippen MR) is 112 cm³/mol. The van der Waals surface area contributed by atoms with Crippen LogP contribution in [0.2, 0.25) is 0 Å². The van der Waals surface area contributed by atoms with Crippen molar-refractivity contribution in [2.45, 2.75) is 25.5 Å². The van der Waals surface area contributed by atoms with Gasteiger partial charge in [-0.1, -0.05) is 30.3 Å². The van der Waals surface area contributed by atoms with Gasteiger partial charge in [0.15, 0.2) is 0 Å². The number of amides is 1. The second-order valence-corrected chi connectivity index (χ2v) is 7.25. The molecule has 3 heterocycles. The molecule has 1 amide bonds. The highest BCUT2D eigenvalue weighted by atomic mass is 16.3. The third kappa shape index (κ3) is 4.78. The molecule has 1 aliphatic rings. The Hall–Kier alpha value is -3.25. The van der Waals surface area contributed by atoms with E-state index in [-0.39, 0.29) is 12.0 Å². The Bertz CT molecular complexity index is 975. The summed E-state index contributed by atoms with van der Waals surface area (Å²) < 4.78 is 1.89. The summed E-state index contributed by atoms with van der Waals surface area (Å²) in [4.78, 5) is 18.5. The number of carbonyl (C=O) groups is 1. The van der Waals surface area contributed by atoms with Crippen molar-refractivity contribution in [3.63, 3.8) is 0 Å². The molecular weight excluding hydrogens is 364 g/mol. The fraction of sp³-hybridized carbons (Fsp3) is 0.261. The van der Waals surface area contributed by atoms with Crippen LogP contribution in [0.5, 0.6) is 0 Å². The SMILES string of the molecule is O=C(/C=C/c1cn(Cc2ccccc2)nc1-c1cccnc1)N1CCC(O)CC1. The van der Waals surface area contributed by atoms with E-state index in [2.05, 4.69) is 17.1 Å². The number of carbonyl (C=O) groups excluding carboxylic acids is 1. The lowest BCUT2D eigenvalue weighted by Crippen LogP contribution is -2.39. The number of likely N-dealkylation sites (tertiary alicyclic amines) is 1. The van der Waals surface area contributed by atoms with E-state index in [0.29, 0.717) is 32.5 Å². The summed E-state index contributed by atoms with van der Waals surface area (Å²) in [6.45, 7) is 1.83. The average Bonchev–Trinajstić information content (AvgIpc) is 3.16. The quantitative estimate of drug-likeness (QED) is 0.682. The van der Waals surface area contributed by atoms with Crippen molar-refractivity contribution in [1.29, 1.82) is 0 Å². The van der Waals surface area contributed by atoms with Gasteiger partial charge in [-0.05, 0) is 36.6 Å². The van der Waals surface area contributed by atoms with E-state index in [1.54, 1.807) is 23.4 Å². The molecule has 0 bridgehead atoms. The van der Waals surface area contributed by atoms with Gasteiger partial charge in [-0.15, -0.1) is 0 Å². The zero-order chi connectivity index (χ0) is 20.1. The molecule has 1 fully saturated rings. The molecule has 3 aromatic rings. The van der Waals surface area contributed by atoms with Gasteiger partial charge in [0.1, 0.15) is 5.69 Å². The van der Waals surface area contributed by atoms with Gasteiger partial charge >= 0.3 is 0 Å². The van der Waals surface area contributed by atoms with E-state index >= 15 is 0 Å². The molecule has 0 saturated carbocycles. The lowest BCUT2D eigenvalue weighted by atomic mass is 10.1. The van der Waals surface area contributed by atoms with Crippen molar-refractivity contribution in [3.05, 3.63) is 78.3 Å². The first-order chi connectivity index (χ1) is 14.2. The number of aliphatic hydroxyl groups excluding tert-OH is 1. The summed E-state index contributed by atoms with van der Waals surface area (Å²) in [6.07, 6.45) is 9.86. The molecule has 0 radical (unpaired) electrons. The first kappa shape index (κ1) is 19.1. The average molecular weight is 388 g/mol. The van der Waals surface area contributed by atoms with Crippen LogP contribution in [0.25, 0.3) is 17.3 Å². The van der Waals surface area contributed by atoms with Gasteiger partial charge in [0, 0.05) is 48.9 Å². The van der Waals surface area contributed by atoms with Crippen molar-refractivity contribution < 1.29 is 9.90 Å². The van der Waals surface area contributed by atoms with Gasteiger partial charge in [-0.3, -0.25) is 14.5 Å². The Balaban J connectivity index is 1.58. The minimum atomic E-state index is -0.295. The van der Waals surface area contributed by atoms with Crippen LogP contribution in [0.1, 0.15) is 24.0 Å². The zero-order valence-corrected chi connectivity index (χ0v) is 16.2. The van der Waals surface area contributed by atoms with Gasteiger partial charge in [-0.25, -0.2) is 0 Å². The van der Waals surface area contributed by atoms with E-state index < -0.39 is 0 Å². The summed E-state index contributed by atoms with van der Waals surface area (Å²) in [5.41, 5.74) is 3.74. The number of aliphatic hydroxyl groups is 1. The number of pyridine rings is 1. The Labute approximate surface area is 170 Å². The molecule has 1 aromatic carbocycles. The first-order valence-electron chi connectivity index (χ1n) is 9.86. The minimum Gasteiger partial charge on any atom is -0.393 e. The lowest BCUT2D eigenvalue weighted by Gasteiger charge is -2.28. The van der Waals surface area contributed by atoms with Crippen molar-refractivity contribution in [2.24, 2.45) is 0 Å². The summed E-state index contributed by atoms with van der Waals surface area (Å²) >= 11 is 0. The van der Waals surface area contributed by atoms with Gasteiger partial charge in [-0.2, -0.15) is 5.10 Å². The Morgan fingerprint density at radius 1 is 1.14 bits per heavy atom. The topological polar surface area (TPSA) is 71.2 Å². The number of rotatable bonds is 5. The highest BCUT2D eigenvalue weighted by Gasteiger charge is 2.19. The molecule has 1 N–H and O–H groups in total. The molecular formula is C23H24N4O2. The van der Waals surface area contributed by atoms with Crippen molar-refractivity contribution in [3.8, 4) is 11.3 Å². The van der Waals surface area contributed by atoms with Crippen LogP contribution < -0.4 is 0 Å². The van der Waals surface area contributed by atoms with Gasteiger partial charge in [0.25, 0.3) is 0 Å². The molecule has 6 heteroatoms. The largest absolute Gasteiger partial charge is 0.393 e. The molecule has 148 valence electrons. The lowest BCUT2D eigenvalue weighted by molar-refractivity contribution is -0.127. The monoisotopic (exact) mass is 388 g/mol. The number of aromatic nitrogens is 3. The molecule has 0 aliphatic carbocycles. The van der Waals surface area contributed by atoms with E-state index in [1.165, 1.54) is 0 Å². The van der Waals surface area contributed by atoms with E-state index in [1.807, 2.05) is 47.3 Å². The second-order valence-electron chi connectivity index (χ2n) is 7.25. The molecule has 4 rings (SSSR count). The molecule has 0 atom stereocenters. The van der Waals surface area contributed by atoms with Crippen LogP contribution in [0.3, 0.4) is 0 Å². The van der Waals surface area contributed by atoms with E-state index in [9.17, 15) is 9.90 Å². The second kappa shape index (κ2) is 8.84. The molecule has 0 spiro atoms. The van der Waals surface area contributed by atoms with Crippen molar-refractivity contribution >= 4 is 12.0 Å². The van der Waals surface area contributed by atoms with Crippen LogP contribution in [0.4, 0.5) is 0 Å². The van der Waals surface area contributed by atoms with Crippen LogP contribution in [0, 0.1) is 0 Å². The van der Waals surface area contributed by atoms with Crippen LogP contribution in [0.15, 0.2) is 67.1 Å². The Morgan fingerprint density at radius 2 is 1.93 bits per heavy atom. The van der Waals surface area contributed by atoms with E-state index in [0.717, 1.165) is 22.4 Å². The predicted octanol–water partition coefficient (Wildman–Crippen LogP) is 2.99. The Kier molecular flexibility index (Phi) is 5.81. The van der Waals surface area contributed by atoms with Crippen LogP contribution >= 0.6 is 0 Å². The number of piperidine rings is 1. The zero-order valence-electron chi connectivity index (χ0n) is 16.2. The summed E-state index contributed by atoms with van der Waals surface area (Å²) in [5.74, 6) is -0.0372. The number of nitrogens with zero attached hydrogens (tertiary/aromatic N) is 4. The third-order valence-electron chi connectivity index (χ3n) is 5.09.